The summed E-state index contributed by atoms with van der Waals surface area (Å²) in [4.78, 5) is 2.37. The molecular formula is C15H23FN2S. The van der Waals surface area contributed by atoms with Gasteiger partial charge in [0.05, 0.1) is 0 Å². The van der Waals surface area contributed by atoms with Crippen molar-refractivity contribution in [2.24, 2.45) is 11.7 Å². The van der Waals surface area contributed by atoms with Crippen molar-refractivity contribution in [3.63, 3.8) is 0 Å². The van der Waals surface area contributed by atoms with Crippen molar-refractivity contribution in [2.45, 2.75) is 39.8 Å². The molecule has 0 amide bonds. The first-order valence-corrected chi connectivity index (χ1v) is 7.00. The van der Waals surface area contributed by atoms with Crippen LogP contribution in [0.5, 0.6) is 0 Å². The minimum Gasteiger partial charge on any atom is -0.389 e. The van der Waals surface area contributed by atoms with E-state index in [-0.39, 0.29) is 10.8 Å². The van der Waals surface area contributed by atoms with Crippen LogP contribution in [-0.4, -0.2) is 23.0 Å². The molecule has 1 aromatic carbocycles. The zero-order valence-corrected chi connectivity index (χ0v) is 12.9. The Hall–Kier alpha value is -1.00. The van der Waals surface area contributed by atoms with Gasteiger partial charge in [-0.2, -0.15) is 0 Å². The molecule has 0 radical (unpaired) electrons. The number of thiocarbonyl (C=S) groups is 1. The predicted octanol–water partition coefficient (Wildman–Crippen LogP) is 3.33. The van der Waals surface area contributed by atoms with Crippen molar-refractivity contribution < 1.29 is 4.39 Å². The van der Waals surface area contributed by atoms with Crippen LogP contribution in [0, 0.1) is 11.7 Å². The number of nitrogens with two attached hydrogens (primary N) is 1. The molecule has 0 aliphatic rings. The molecule has 0 heterocycles. The van der Waals surface area contributed by atoms with Gasteiger partial charge in [0, 0.05) is 18.2 Å². The Morgan fingerprint density at radius 2 is 2.00 bits per heavy atom. The zero-order chi connectivity index (χ0) is 14.6. The zero-order valence-electron chi connectivity index (χ0n) is 12.1. The Bertz CT molecular complexity index is 446. The normalized spacial score (nSPS) is 13.0. The molecule has 0 fully saturated rings. The molecule has 106 valence electrons. The van der Waals surface area contributed by atoms with E-state index in [1.54, 1.807) is 12.1 Å². The topological polar surface area (TPSA) is 29.3 Å². The van der Waals surface area contributed by atoms with Crippen LogP contribution in [0.3, 0.4) is 0 Å². The van der Waals surface area contributed by atoms with Crippen molar-refractivity contribution in [3.05, 3.63) is 35.1 Å². The van der Waals surface area contributed by atoms with Crippen LogP contribution >= 0.6 is 12.2 Å². The van der Waals surface area contributed by atoms with E-state index in [9.17, 15) is 4.39 Å². The van der Waals surface area contributed by atoms with E-state index in [4.69, 9.17) is 18.0 Å². The number of rotatable bonds is 6. The minimum atomic E-state index is -0.353. The van der Waals surface area contributed by atoms with Gasteiger partial charge in [0.2, 0.25) is 0 Å². The molecule has 1 rings (SSSR count). The van der Waals surface area contributed by atoms with Gasteiger partial charge in [-0.1, -0.05) is 32.1 Å². The Morgan fingerprint density at radius 3 is 2.53 bits per heavy atom. The molecule has 0 aliphatic carbocycles. The van der Waals surface area contributed by atoms with Gasteiger partial charge in [0.15, 0.2) is 0 Å². The summed E-state index contributed by atoms with van der Waals surface area (Å²) in [5.41, 5.74) is 6.88. The smallest absolute Gasteiger partial charge is 0.133 e. The third-order valence-corrected chi connectivity index (χ3v) is 3.51. The molecule has 2 nitrogen and oxygen atoms in total. The van der Waals surface area contributed by atoms with E-state index >= 15 is 0 Å². The Balaban J connectivity index is 2.77. The molecule has 0 aromatic heterocycles. The average Bonchev–Trinajstić information content (AvgIpc) is 2.30. The molecule has 1 unspecified atom stereocenters. The monoisotopic (exact) mass is 282 g/mol. The lowest BCUT2D eigenvalue weighted by Crippen LogP contribution is -2.29. The molecule has 0 spiro atoms. The molecule has 0 bridgehead atoms. The van der Waals surface area contributed by atoms with Crippen LogP contribution in [0.4, 0.5) is 4.39 Å². The lowest BCUT2D eigenvalue weighted by Gasteiger charge is -2.26. The molecule has 19 heavy (non-hydrogen) atoms. The van der Waals surface area contributed by atoms with Gasteiger partial charge in [-0.05, 0) is 44.0 Å². The first-order chi connectivity index (χ1) is 8.81. The second-order valence-electron chi connectivity index (χ2n) is 5.57. The summed E-state index contributed by atoms with van der Waals surface area (Å²) in [5.74, 6) is 0.312. The van der Waals surface area contributed by atoms with Gasteiger partial charge < -0.3 is 5.73 Å². The highest BCUT2D eigenvalue weighted by Gasteiger charge is 2.13. The van der Waals surface area contributed by atoms with Gasteiger partial charge in [-0.15, -0.1) is 0 Å². The molecule has 0 saturated heterocycles. The summed E-state index contributed by atoms with van der Waals surface area (Å²) in [6, 6.07) is 5.45. The van der Waals surface area contributed by atoms with Gasteiger partial charge >= 0.3 is 0 Å². The minimum absolute atomic E-state index is 0.109. The van der Waals surface area contributed by atoms with Crippen LogP contribution in [0.2, 0.25) is 0 Å². The SMILES string of the molecule is CC(C)CC(C)N(C)Cc1ccc(F)c(C(N)=S)c1. The maximum absolute atomic E-state index is 13.5. The summed E-state index contributed by atoms with van der Waals surface area (Å²) in [6.07, 6.45) is 1.14. The van der Waals surface area contributed by atoms with Gasteiger partial charge in [-0.25, -0.2) is 4.39 Å². The van der Waals surface area contributed by atoms with E-state index in [0.717, 1.165) is 18.5 Å². The van der Waals surface area contributed by atoms with Gasteiger partial charge in [0.1, 0.15) is 10.8 Å². The standard InChI is InChI=1S/C15H23FN2S/c1-10(2)7-11(3)18(4)9-12-5-6-14(16)13(8-12)15(17)19/h5-6,8,10-11H,7,9H2,1-4H3,(H2,17,19). The summed E-state index contributed by atoms with van der Waals surface area (Å²) >= 11 is 4.86. The molecule has 0 saturated carbocycles. The molecular weight excluding hydrogens is 259 g/mol. The van der Waals surface area contributed by atoms with E-state index in [1.165, 1.54) is 6.07 Å². The Labute approximate surface area is 120 Å². The van der Waals surface area contributed by atoms with Crippen molar-refractivity contribution >= 4 is 17.2 Å². The quantitative estimate of drug-likeness (QED) is 0.812. The summed E-state index contributed by atoms with van der Waals surface area (Å²) in [6.45, 7) is 7.40. The number of hydrogen-bond acceptors (Lipinski definition) is 2. The van der Waals surface area contributed by atoms with Crippen molar-refractivity contribution in [1.82, 2.24) is 4.90 Å². The highest BCUT2D eigenvalue weighted by atomic mass is 32.1. The van der Waals surface area contributed by atoms with Crippen molar-refractivity contribution in [3.8, 4) is 0 Å². The third-order valence-electron chi connectivity index (χ3n) is 3.29. The van der Waals surface area contributed by atoms with Crippen LogP contribution in [0.25, 0.3) is 0 Å². The summed E-state index contributed by atoms with van der Waals surface area (Å²) in [7, 11) is 2.08. The highest BCUT2D eigenvalue weighted by Crippen LogP contribution is 2.15. The van der Waals surface area contributed by atoms with Crippen molar-refractivity contribution in [1.29, 1.82) is 0 Å². The van der Waals surface area contributed by atoms with E-state index in [0.29, 0.717) is 17.5 Å². The first kappa shape index (κ1) is 16.1. The van der Waals surface area contributed by atoms with Crippen LogP contribution in [-0.2, 0) is 6.54 Å². The Kier molecular flexibility index (Phi) is 5.88. The fourth-order valence-corrected chi connectivity index (χ4v) is 2.32. The predicted molar refractivity (Wildman–Crippen MR) is 82.7 cm³/mol. The van der Waals surface area contributed by atoms with Crippen LogP contribution in [0.1, 0.15) is 38.3 Å². The molecule has 4 heteroatoms. The van der Waals surface area contributed by atoms with Gasteiger partial charge in [0.25, 0.3) is 0 Å². The van der Waals surface area contributed by atoms with Crippen molar-refractivity contribution in [2.75, 3.05) is 7.05 Å². The van der Waals surface area contributed by atoms with E-state index in [2.05, 4.69) is 32.7 Å². The lowest BCUT2D eigenvalue weighted by atomic mass is 10.0. The molecule has 1 aromatic rings. The number of hydrogen-bond donors (Lipinski definition) is 1. The molecule has 1 atom stereocenters. The highest BCUT2D eigenvalue weighted by molar-refractivity contribution is 7.80. The fraction of sp³-hybridized carbons (Fsp3) is 0.533. The summed E-state index contributed by atoms with van der Waals surface area (Å²) < 4.78 is 13.5. The second kappa shape index (κ2) is 6.96. The number of benzene rings is 1. The maximum atomic E-state index is 13.5. The molecule has 0 aliphatic heterocycles. The van der Waals surface area contributed by atoms with Gasteiger partial charge in [-0.3, -0.25) is 4.90 Å². The average molecular weight is 282 g/mol. The molecule has 2 N–H and O–H groups in total. The number of halogens is 1. The summed E-state index contributed by atoms with van der Waals surface area (Å²) in [5, 5.41) is 0. The first-order valence-electron chi connectivity index (χ1n) is 6.59. The Morgan fingerprint density at radius 1 is 1.37 bits per heavy atom. The van der Waals surface area contributed by atoms with E-state index in [1.807, 2.05) is 0 Å². The van der Waals surface area contributed by atoms with Crippen LogP contribution in [0.15, 0.2) is 18.2 Å². The lowest BCUT2D eigenvalue weighted by molar-refractivity contribution is 0.220. The fourth-order valence-electron chi connectivity index (χ4n) is 2.17. The van der Waals surface area contributed by atoms with E-state index < -0.39 is 0 Å². The maximum Gasteiger partial charge on any atom is 0.133 e. The number of nitrogens with zero attached hydrogens (tertiary/aromatic N) is 1. The third kappa shape index (κ3) is 4.88. The largest absolute Gasteiger partial charge is 0.389 e. The van der Waals surface area contributed by atoms with Crippen LogP contribution < -0.4 is 5.73 Å². The second-order valence-corrected chi connectivity index (χ2v) is 6.01.